The molecule has 192 valence electrons. The third-order valence-electron chi connectivity index (χ3n) is 5.86. The number of nitrogens with one attached hydrogen (secondary N) is 1. The molecule has 0 aromatic heterocycles. The average Bonchev–Trinajstić information content (AvgIpc) is 2.81. The van der Waals surface area contributed by atoms with E-state index in [0.29, 0.717) is 18.7 Å². The lowest BCUT2D eigenvalue weighted by Crippen LogP contribution is -2.52. The molecule has 1 atom stereocenters. The molecule has 0 unspecified atom stereocenters. The third kappa shape index (κ3) is 8.38. The van der Waals surface area contributed by atoms with Gasteiger partial charge in [-0.2, -0.15) is 0 Å². The van der Waals surface area contributed by atoms with Crippen LogP contribution in [0.5, 0.6) is 0 Å². The SMILES string of the molecule is CCc1ccc(N(CC(=O)N(Cc2ccc(C)cc2)[C@H](CC)C(=O)NCC(C)C)S(C)(=O)=O)cc1. The Labute approximate surface area is 210 Å². The van der Waals surface area contributed by atoms with Crippen LogP contribution >= 0.6 is 0 Å². The molecule has 0 heterocycles. The molecule has 0 spiro atoms. The van der Waals surface area contributed by atoms with Gasteiger partial charge in [0.2, 0.25) is 21.8 Å². The summed E-state index contributed by atoms with van der Waals surface area (Å²) in [6.07, 6.45) is 2.32. The normalized spacial score (nSPS) is 12.3. The van der Waals surface area contributed by atoms with Gasteiger partial charge < -0.3 is 10.2 Å². The number of carbonyl (C=O) groups is 2. The Hall–Kier alpha value is -2.87. The van der Waals surface area contributed by atoms with E-state index >= 15 is 0 Å². The minimum atomic E-state index is -3.73. The van der Waals surface area contributed by atoms with Crippen molar-refractivity contribution in [2.75, 3.05) is 23.7 Å². The molecule has 8 heteroatoms. The fourth-order valence-corrected chi connectivity index (χ4v) is 4.59. The second-order valence-corrected chi connectivity index (χ2v) is 11.3. The number of amides is 2. The molecule has 2 aromatic rings. The number of aryl methyl sites for hydroxylation is 2. The first-order valence-electron chi connectivity index (χ1n) is 12.2. The predicted octanol–water partition coefficient (Wildman–Crippen LogP) is 3.90. The highest BCUT2D eigenvalue weighted by atomic mass is 32.2. The zero-order valence-electron chi connectivity index (χ0n) is 21.7. The maximum absolute atomic E-state index is 13.7. The molecule has 0 saturated heterocycles. The summed E-state index contributed by atoms with van der Waals surface area (Å²) >= 11 is 0. The quantitative estimate of drug-likeness (QED) is 0.478. The van der Waals surface area contributed by atoms with Crippen LogP contribution in [0.15, 0.2) is 48.5 Å². The van der Waals surface area contributed by atoms with E-state index in [0.717, 1.165) is 33.7 Å². The van der Waals surface area contributed by atoms with Crippen molar-refractivity contribution in [3.63, 3.8) is 0 Å². The van der Waals surface area contributed by atoms with Gasteiger partial charge in [-0.25, -0.2) is 8.42 Å². The van der Waals surface area contributed by atoms with Crippen LogP contribution in [-0.4, -0.2) is 50.5 Å². The molecular formula is C27H39N3O4S. The van der Waals surface area contributed by atoms with E-state index in [9.17, 15) is 18.0 Å². The first-order valence-corrected chi connectivity index (χ1v) is 14.0. The summed E-state index contributed by atoms with van der Waals surface area (Å²) in [7, 11) is -3.73. The molecule has 1 N–H and O–H groups in total. The van der Waals surface area contributed by atoms with Crippen molar-refractivity contribution in [3.8, 4) is 0 Å². The van der Waals surface area contributed by atoms with E-state index in [1.807, 2.05) is 71.0 Å². The van der Waals surface area contributed by atoms with Gasteiger partial charge in [0.1, 0.15) is 12.6 Å². The molecule has 0 aliphatic rings. The molecular weight excluding hydrogens is 462 g/mol. The highest BCUT2D eigenvalue weighted by Gasteiger charge is 2.31. The summed E-state index contributed by atoms with van der Waals surface area (Å²) in [5.74, 6) is -0.397. The Bertz CT molecular complexity index is 1080. The minimum Gasteiger partial charge on any atom is -0.354 e. The van der Waals surface area contributed by atoms with Crippen LogP contribution in [0.4, 0.5) is 5.69 Å². The lowest BCUT2D eigenvalue weighted by molar-refractivity contribution is -0.140. The fraction of sp³-hybridized carbons (Fsp3) is 0.481. The van der Waals surface area contributed by atoms with Crippen molar-refractivity contribution in [1.29, 1.82) is 0 Å². The zero-order valence-corrected chi connectivity index (χ0v) is 22.6. The van der Waals surface area contributed by atoms with E-state index < -0.39 is 22.0 Å². The van der Waals surface area contributed by atoms with Crippen LogP contribution in [-0.2, 0) is 32.6 Å². The van der Waals surface area contributed by atoms with Gasteiger partial charge in [-0.15, -0.1) is 0 Å². The van der Waals surface area contributed by atoms with E-state index in [2.05, 4.69) is 5.32 Å². The van der Waals surface area contributed by atoms with E-state index in [1.54, 1.807) is 12.1 Å². The number of nitrogens with zero attached hydrogens (tertiary/aromatic N) is 2. The summed E-state index contributed by atoms with van der Waals surface area (Å²) in [5, 5.41) is 2.93. The predicted molar refractivity (Wildman–Crippen MR) is 142 cm³/mol. The Morgan fingerprint density at radius 3 is 2.00 bits per heavy atom. The molecule has 0 aliphatic carbocycles. The smallest absolute Gasteiger partial charge is 0.244 e. The molecule has 2 rings (SSSR count). The highest BCUT2D eigenvalue weighted by molar-refractivity contribution is 7.92. The molecule has 0 radical (unpaired) electrons. The molecule has 0 bridgehead atoms. The van der Waals surface area contributed by atoms with Crippen LogP contribution in [0, 0.1) is 12.8 Å². The first-order chi connectivity index (χ1) is 16.5. The summed E-state index contributed by atoms with van der Waals surface area (Å²) in [6, 6.07) is 14.2. The van der Waals surface area contributed by atoms with Gasteiger partial charge in [0.15, 0.2) is 0 Å². The summed E-state index contributed by atoms with van der Waals surface area (Å²) in [6.45, 7) is 10.2. The van der Waals surface area contributed by atoms with E-state index in [1.165, 1.54) is 4.90 Å². The second kappa shape index (κ2) is 12.7. The fourth-order valence-electron chi connectivity index (χ4n) is 3.74. The molecule has 2 aromatic carbocycles. The Balaban J connectivity index is 2.40. The van der Waals surface area contributed by atoms with Crippen LogP contribution in [0.3, 0.4) is 0 Å². The van der Waals surface area contributed by atoms with Crippen molar-refractivity contribution in [3.05, 3.63) is 65.2 Å². The summed E-state index contributed by atoms with van der Waals surface area (Å²) in [4.78, 5) is 28.2. The van der Waals surface area contributed by atoms with Crippen LogP contribution in [0.2, 0.25) is 0 Å². The topological polar surface area (TPSA) is 86.8 Å². The monoisotopic (exact) mass is 501 g/mol. The van der Waals surface area contributed by atoms with Gasteiger partial charge in [0, 0.05) is 13.1 Å². The molecule has 0 saturated carbocycles. The van der Waals surface area contributed by atoms with Crippen molar-refractivity contribution >= 4 is 27.5 Å². The van der Waals surface area contributed by atoms with Gasteiger partial charge in [0.25, 0.3) is 0 Å². The van der Waals surface area contributed by atoms with E-state index in [4.69, 9.17) is 0 Å². The van der Waals surface area contributed by atoms with Crippen molar-refractivity contribution < 1.29 is 18.0 Å². The summed E-state index contributed by atoms with van der Waals surface area (Å²) < 4.78 is 26.4. The van der Waals surface area contributed by atoms with Crippen LogP contribution in [0.1, 0.15) is 50.8 Å². The molecule has 0 fully saturated rings. The van der Waals surface area contributed by atoms with Gasteiger partial charge in [-0.3, -0.25) is 13.9 Å². The lowest BCUT2D eigenvalue weighted by atomic mass is 10.1. The summed E-state index contributed by atoms with van der Waals surface area (Å²) in [5.41, 5.74) is 3.46. The van der Waals surface area contributed by atoms with Gasteiger partial charge in [-0.05, 0) is 48.9 Å². The Kier molecular flexibility index (Phi) is 10.3. The number of sulfonamides is 1. The highest BCUT2D eigenvalue weighted by Crippen LogP contribution is 2.21. The number of rotatable bonds is 12. The second-order valence-electron chi connectivity index (χ2n) is 9.36. The molecule has 7 nitrogen and oxygen atoms in total. The molecule has 35 heavy (non-hydrogen) atoms. The third-order valence-corrected chi connectivity index (χ3v) is 7.00. The first kappa shape index (κ1) is 28.4. The van der Waals surface area contributed by atoms with Crippen molar-refractivity contribution in [2.24, 2.45) is 5.92 Å². The largest absolute Gasteiger partial charge is 0.354 e. The number of hydrogen-bond acceptors (Lipinski definition) is 4. The number of benzene rings is 2. The maximum Gasteiger partial charge on any atom is 0.244 e. The number of anilines is 1. The minimum absolute atomic E-state index is 0.207. The van der Waals surface area contributed by atoms with Gasteiger partial charge in [-0.1, -0.05) is 69.7 Å². The molecule has 2 amide bonds. The number of hydrogen-bond donors (Lipinski definition) is 1. The molecule has 0 aliphatic heterocycles. The number of carbonyl (C=O) groups excluding carboxylic acids is 2. The van der Waals surface area contributed by atoms with Gasteiger partial charge in [0.05, 0.1) is 11.9 Å². The Morgan fingerprint density at radius 2 is 1.51 bits per heavy atom. The average molecular weight is 502 g/mol. The van der Waals surface area contributed by atoms with Gasteiger partial charge >= 0.3 is 0 Å². The van der Waals surface area contributed by atoms with Crippen LogP contribution < -0.4 is 9.62 Å². The standard InChI is InChI=1S/C27H39N3O4S/c1-7-22-13-15-24(16-14-22)30(35(6,33)34)19-26(31)29(18-23-11-9-21(5)10-12-23)25(8-2)27(32)28-17-20(3)4/h9-16,20,25H,7-8,17-19H2,1-6H3,(H,28,32)/t25-/m1/s1. The maximum atomic E-state index is 13.7. The lowest BCUT2D eigenvalue weighted by Gasteiger charge is -2.33. The van der Waals surface area contributed by atoms with Crippen LogP contribution in [0.25, 0.3) is 0 Å². The van der Waals surface area contributed by atoms with E-state index in [-0.39, 0.29) is 24.9 Å². The van der Waals surface area contributed by atoms with Crippen molar-refractivity contribution in [2.45, 2.75) is 60.0 Å². The van der Waals surface area contributed by atoms with Crippen molar-refractivity contribution in [1.82, 2.24) is 10.2 Å². The Morgan fingerprint density at radius 1 is 0.943 bits per heavy atom. The zero-order chi connectivity index (χ0) is 26.2.